The van der Waals surface area contributed by atoms with Gasteiger partial charge >= 0.3 is 0 Å². The van der Waals surface area contributed by atoms with Crippen molar-refractivity contribution in [2.24, 2.45) is 0 Å². The molecule has 4 heteroatoms. The smallest absolute Gasteiger partial charge is 0.257 e. The molecule has 1 aromatic rings. The van der Waals surface area contributed by atoms with Gasteiger partial charge in [-0.3, -0.25) is 4.79 Å². The molecule has 0 saturated carbocycles. The Morgan fingerprint density at radius 1 is 1.67 bits per heavy atom. The monoisotopic (exact) mass is 223 g/mol. The zero-order valence-electron chi connectivity index (χ0n) is 8.20. The quantitative estimate of drug-likeness (QED) is 0.599. The zero-order valence-corrected chi connectivity index (χ0v) is 9.09. The molecule has 1 aromatic carbocycles. The van der Waals surface area contributed by atoms with Gasteiger partial charge in [-0.2, -0.15) is 0 Å². The van der Waals surface area contributed by atoms with Crippen LogP contribution in [0, 0.1) is 18.2 Å². The van der Waals surface area contributed by atoms with E-state index in [1.165, 1.54) is 30.1 Å². The van der Waals surface area contributed by atoms with E-state index in [0.29, 0.717) is 4.90 Å². The van der Waals surface area contributed by atoms with Crippen molar-refractivity contribution in [2.75, 3.05) is 13.6 Å². The third-order valence-electron chi connectivity index (χ3n) is 1.86. The maximum absolute atomic E-state index is 13.3. The molecule has 0 bridgehead atoms. The van der Waals surface area contributed by atoms with Crippen LogP contribution in [0.25, 0.3) is 0 Å². The Bertz CT molecular complexity index is 425. The van der Waals surface area contributed by atoms with Crippen molar-refractivity contribution in [3.8, 4) is 12.3 Å². The predicted molar refractivity (Wildman–Crippen MR) is 59.4 cm³/mol. The molecule has 0 saturated heterocycles. The molecule has 78 valence electrons. The molecule has 0 N–H and O–H groups in total. The SMILES string of the molecule is C#CCN(C)C(=O)c1cc(S)ccc1F. The first-order valence-electron chi connectivity index (χ1n) is 4.23. The van der Waals surface area contributed by atoms with Gasteiger partial charge < -0.3 is 4.90 Å². The summed E-state index contributed by atoms with van der Waals surface area (Å²) in [7, 11) is 1.52. The Balaban J connectivity index is 3.01. The number of hydrogen-bond donors (Lipinski definition) is 1. The molecule has 1 rings (SSSR count). The number of benzene rings is 1. The molecule has 0 aliphatic rings. The maximum atomic E-state index is 13.3. The van der Waals surface area contributed by atoms with Crippen LogP contribution < -0.4 is 0 Å². The minimum Gasteiger partial charge on any atom is -0.330 e. The molecule has 15 heavy (non-hydrogen) atoms. The number of terminal acetylenes is 1. The van der Waals surface area contributed by atoms with Gasteiger partial charge in [0, 0.05) is 11.9 Å². The molecule has 0 radical (unpaired) electrons. The Morgan fingerprint density at radius 2 is 2.33 bits per heavy atom. The third-order valence-corrected chi connectivity index (χ3v) is 2.13. The summed E-state index contributed by atoms with van der Waals surface area (Å²) in [6, 6.07) is 4.07. The van der Waals surface area contributed by atoms with Crippen LogP contribution in [0.3, 0.4) is 0 Å². The Kier molecular flexibility index (Phi) is 3.75. The second kappa shape index (κ2) is 4.85. The van der Waals surface area contributed by atoms with Crippen molar-refractivity contribution in [1.29, 1.82) is 0 Å². The van der Waals surface area contributed by atoms with Gasteiger partial charge in [0.15, 0.2) is 0 Å². The summed E-state index contributed by atoms with van der Waals surface area (Å²) in [5.74, 6) is 1.30. The number of thiol groups is 1. The Labute approximate surface area is 93.5 Å². The lowest BCUT2D eigenvalue weighted by atomic mass is 10.2. The van der Waals surface area contributed by atoms with E-state index in [4.69, 9.17) is 6.42 Å². The van der Waals surface area contributed by atoms with Crippen molar-refractivity contribution in [3.05, 3.63) is 29.6 Å². The standard InChI is InChI=1S/C11H10FNOS/c1-3-6-13(2)11(14)9-7-8(15)4-5-10(9)12/h1,4-5,7,15H,6H2,2H3. The van der Waals surface area contributed by atoms with Crippen LogP contribution in [0.1, 0.15) is 10.4 Å². The van der Waals surface area contributed by atoms with Crippen molar-refractivity contribution in [1.82, 2.24) is 4.90 Å². The fourth-order valence-corrected chi connectivity index (χ4v) is 1.30. The zero-order chi connectivity index (χ0) is 11.4. The lowest BCUT2D eigenvalue weighted by Gasteiger charge is -2.14. The molecule has 0 aliphatic heterocycles. The fraction of sp³-hybridized carbons (Fsp3) is 0.182. The molecule has 0 heterocycles. The summed E-state index contributed by atoms with van der Waals surface area (Å²) in [4.78, 5) is 13.5. The number of halogens is 1. The molecule has 0 aromatic heterocycles. The maximum Gasteiger partial charge on any atom is 0.257 e. The number of amides is 1. The summed E-state index contributed by atoms with van der Waals surface area (Å²) in [5.41, 5.74) is -0.0137. The summed E-state index contributed by atoms with van der Waals surface area (Å²) in [5, 5.41) is 0. The van der Waals surface area contributed by atoms with Crippen molar-refractivity contribution in [3.63, 3.8) is 0 Å². The summed E-state index contributed by atoms with van der Waals surface area (Å²) in [6.07, 6.45) is 5.06. The minimum atomic E-state index is -0.568. The number of hydrogen-bond acceptors (Lipinski definition) is 2. The van der Waals surface area contributed by atoms with E-state index in [0.717, 1.165) is 0 Å². The van der Waals surface area contributed by atoms with Gasteiger partial charge in [0.25, 0.3) is 5.91 Å². The second-order valence-electron chi connectivity index (χ2n) is 3.03. The highest BCUT2D eigenvalue weighted by molar-refractivity contribution is 7.80. The number of carbonyl (C=O) groups is 1. The first-order valence-corrected chi connectivity index (χ1v) is 4.68. The van der Waals surface area contributed by atoms with Crippen molar-refractivity contribution >= 4 is 18.5 Å². The van der Waals surface area contributed by atoms with Gasteiger partial charge in [-0.05, 0) is 18.2 Å². The number of nitrogens with zero attached hydrogens (tertiary/aromatic N) is 1. The van der Waals surface area contributed by atoms with Crippen LogP contribution in [-0.2, 0) is 0 Å². The molecule has 0 atom stereocenters. The topological polar surface area (TPSA) is 20.3 Å². The van der Waals surface area contributed by atoms with Gasteiger partial charge in [-0.25, -0.2) is 4.39 Å². The predicted octanol–water partition coefficient (Wildman–Crippen LogP) is 1.82. The molecule has 0 aliphatic carbocycles. The first-order chi connectivity index (χ1) is 7.06. The minimum absolute atomic E-state index is 0.0137. The molecule has 0 unspecified atom stereocenters. The summed E-state index contributed by atoms with van der Waals surface area (Å²) < 4.78 is 13.3. The van der Waals surface area contributed by atoms with Gasteiger partial charge in [0.2, 0.25) is 0 Å². The Hall–Kier alpha value is -1.47. The van der Waals surface area contributed by atoms with Crippen LogP contribution in [0.5, 0.6) is 0 Å². The molecular weight excluding hydrogens is 213 g/mol. The van der Waals surface area contributed by atoms with E-state index < -0.39 is 11.7 Å². The highest BCUT2D eigenvalue weighted by atomic mass is 32.1. The van der Waals surface area contributed by atoms with Gasteiger partial charge in [-0.15, -0.1) is 19.1 Å². The molecule has 2 nitrogen and oxygen atoms in total. The van der Waals surface area contributed by atoms with Gasteiger partial charge in [0.1, 0.15) is 5.82 Å². The second-order valence-corrected chi connectivity index (χ2v) is 3.55. The lowest BCUT2D eigenvalue weighted by Crippen LogP contribution is -2.27. The van der Waals surface area contributed by atoms with E-state index in [1.54, 1.807) is 0 Å². The van der Waals surface area contributed by atoms with E-state index in [-0.39, 0.29) is 12.1 Å². The highest BCUT2D eigenvalue weighted by Gasteiger charge is 2.15. The summed E-state index contributed by atoms with van der Waals surface area (Å²) >= 11 is 4.04. The third kappa shape index (κ3) is 2.74. The van der Waals surface area contributed by atoms with Crippen LogP contribution in [0.15, 0.2) is 23.1 Å². The molecular formula is C11H10FNOS. The fourth-order valence-electron chi connectivity index (χ4n) is 1.09. The van der Waals surface area contributed by atoms with E-state index in [2.05, 4.69) is 18.5 Å². The first kappa shape index (κ1) is 11.6. The van der Waals surface area contributed by atoms with Crippen LogP contribution in [0.2, 0.25) is 0 Å². The van der Waals surface area contributed by atoms with Gasteiger partial charge in [-0.1, -0.05) is 5.92 Å². The average Bonchev–Trinajstić information content (AvgIpc) is 2.21. The van der Waals surface area contributed by atoms with Crippen molar-refractivity contribution < 1.29 is 9.18 Å². The average molecular weight is 223 g/mol. The molecule has 0 fully saturated rings. The van der Waals surface area contributed by atoms with Crippen LogP contribution in [0.4, 0.5) is 4.39 Å². The summed E-state index contributed by atoms with van der Waals surface area (Å²) in [6.45, 7) is 0.148. The van der Waals surface area contributed by atoms with E-state index in [9.17, 15) is 9.18 Å². The van der Waals surface area contributed by atoms with Crippen LogP contribution in [-0.4, -0.2) is 24.4 Å². The molecule has 0 spiro atoms. The van der Waals surface area contributed by atoms with Gasteiger partial charge in [0.05, 0.1) is 12.1 Å². The van der Waals surface area contributed by atoms with E-state index in [1.807, 2.05) is 0 Å². The lowest BCUT2D eigenvalue weighted by molar-refractivity contribution is 0.0807. The van der Waals surface area contributed by atoms with E-state index >= 15 is 0 Å². The Morgan fingerprint density at radius 3 is 2.93 bits per heavy atom. The largest absolute Gasteiger partial charge is 0.330 e. The van der Waals surface area contributed by atoms with Crippen LogP contribution >= 0.6 is 12.6 Å². The molecule has 1 amide bonds. The van der Waals surface area contributed by atoms with Crippen molar-refractivity contribution in [2.45, 2.75) is 4.90 Å². The number of carbonyl (C=O) groups excluding carboxylic acids is 1. The highest BCUT2D eigenvalue weighted by Crippen LogP contribution is 2.14. The number of rotatable bonds is 2. The normalized spacial score (nSPS) is 9.47.